The van der Waals surface area contributed by atoms with E-state index in [9.17, 15) is 9.59 Å². The van der Waals surface area contributed by atoms with Crippen molar-refractivity contribution in [1.82, 2.24) is 19.7 Å². The molecule has 1 fully saturated rings. The van der Waals surface area contributed by atoms with Gasteiger partial charge in [0.15, 0.2) is 11.5 Å². The summed E-state index contributed by atoms with van der Waals surface area (Å²) in [5.74, 6) is 1.26. The molecular weight excluding hydrogens is 492 g/mol. The number of piperazine rings is 1. The molecule has 4 aromatic rings. The Morgan fingerprint density at radius 2 is 1.72 bits per heavy atom. The van der Waals surface area contributed by atoms with Crippen LogP contribution in [0.1, 0.15) is 34.0 Å². The number of H-pyrrole nitrogens is 1. The van der Waals surface area contributed by atoms with E-state index in [0.717, 1.165) is 39.8 Å². The van der Waals surface area contributed by atoms with Crippen molar-refractivity contribution in [3.63, 3.8) is 0 Å². The Morgan fingerprint density at radius 3 is 2.54 bits per heavy atom. The van der Waals surface area contributed by atoms with Crippen molar-refractivity contribution in [2.75, 3.05) is 27.4 Å². The van der Waals surface area contributed by atoms with Crippen LogP contribution in [0.3, 0.4) is 0 Å². The number of para-hydroxylation sites is 1. The zero-order chi connectivity index (χ0) is 26.7. The summed E-state index contributed by atoms with van der Waals surface area (Å²) in [4.78, 5) is 37.1. The van der Waals surface area contributed by atoms with Gasteiger partial charge in [-0.05, 0) is 54.5 Å². The number of carbonyl (C=O) groups excluding carboxylic acids is 2. The Hall–Kier alpha value is -4.30. The first-order chi connectivity index (χ1) is 19.0. The van der Waals surface area contributed by atoms with Crippen LogP contribution < -0.4 is 9.47 Å². The van der Waals surface area contributed by atoms with Crippen LogP contribution in [0.25, 0.3) is 10.9 Å². The van der Waals surface area contributed by atoms with E-state index in [1.165, 1.54) is 5.56 Å². The monoisotopic (exact) mass is 522 g/mol. The minimum Gasteiger partial charge on any atom is -0.454 e. The number of rotatable bonds is 5. The number of hydrogen-bond acceptors (Lipinski definition) is 5. The van der Waals surface area contributed by atoms with Crippen molar-refractivity contribution in [1.29, 1.82) is 0 Å². The minimum atomic E-state index is -0.582. The number of carbonyl (C=O) groups is 2. The first-order valence-electron chi connectivity index (χ1n) is 13.3. The van der Waals surface area contributed by atoms with Gasteiger partial charge in [0.25, 0.3) is 0 Å². The van der Waals surface area contributed by atoms with E-state index in [1.807, 2.05) is 50.5 Å². The highest BCUT2D eigenvalue weighted by Crippen LogP contribution is 2.45. The molecule has 0 aliphatic carbocycles. The summed E-state index contributed by atoms with van der Waals surface area (Å²) in [5.41, 5.74) is 6.16. The highest BCUT2D eigenvalue weighted by molar-refractivity contribution is 5.97. The van der Waals surface area contributed by atoms with Crippen LogP contribution in [0.4, 0.5) is 0 Å². The molecule has 1 N–H and O–H groups in total. The van der Waals surface area contributed by atoms with Gasteiger partial charge in [-0.25, -0.2) is 0 Å². The molecule has 2 atom stereocenters. The number of ether oxygens (including phenoxy) is 2. The van der Waals surface area contributed by atoms with Crippen molar-refractivity contribution in [2.24, 2.45) is 0 Å². The molecule has 0 bridgehead atoms. The molecule has 0 radical (unpaired) electrons. The predicted molar refractivity (Wildman–Crippen MR) is 146 cm³/mol. The quantitative estimate of drug-likeness (QED) is 0.431. The number of benzene rings is 3. The largest absolute Gasteiger partial charge is 0.454 e. The molecule has 39 heavy (non-hydrogen) atoms. The molecule has 2 amide bonds. The molecule has 7 rings (SSSR count). The Morgan fingerprint density at radius 1 is 0.949 bits per heavy atom. The van der Waals surface area contributed by atoms with E-state index in [-0.39, 0.29) is 25.2 Å². The van der Waals surface area contributed by atoms with E-state index in [2.05, 4.69) is 40.2 Å². The molecule has 8 heteroatoms. The van der Waals surface area contributed by atoms with Crippen molar-refractivity contribution < 1.29 is 19.1 Å². The highest BCUT2D eigenvalue weighted by Gasteiger charge is 2.48. The fraction of sp³-hybridized carbons (Fsp3) is 0.290. The lowest BCUT2D eigenvalue weighted by molar-refractivity contribution is -0.159. The Labute approximate surface area is 226 Å². The summed E-state index contributed by atoms with van der Waals surface area (Å²) in [6, 6.07) is 21.2. The van der Waals surface area contributed by atoms with Crippen molar-refractivity contribution >= 4 is 22.7 Å². The van der Waals surface area contributed by atoms with Crippen LogP contribution in [0.2, 0.25) is 0 Å². The van der Waals surface area contributed by atoms with Gasteiger partial charge in [0.1, 0.15) is 12.6 Å². The molecule has 0 unspecified atom stereocenters. The molecule has 198 valence electrons. The first-order valence-corrected chi connectivity index (χ1v) is 13.3. The average Bonchev–Trinajstić information content (AvgIpc) is 3.55. The normalized spacial score (nSPS) is 20.1. The van der Waals surface area contributed by atoms with Crippen molar-refractivity contribution in [3.05, 3.63) is 94.7 Å². The van der Waals surface area contributed by atoms with E-state index in [0.29, 0.717) is 24.5 Å². The second-order valence-electron chi connectivity index (χ2n) is 10.8. The third-order valence-corrected chi connectivity index (χ3v) is 7.95. The van der Waals surface area contributed by atoms with Gasteiger partial charge in [0.2, 0.25) is 18.6 Å². The van der Waals surface area contributed by atoms with E-state index < -0.39 is 12.1 Å². The Kier molecular flexibility index (Phi) is 5.59. The summed E-state index contributed by atoms with van der Waals surface area (Å²) in [5, 5.41) is 1.09. The molecule has 0 spiro atoms. The van der Waals surface area contributed by atoms with Gasteiger partial charge in [-0.15, -0.1) is 0 Å². The summed E-state index contributed by atoms with van der Waals surface area (Å²) < 4.78 is 11.2. The van der Waals surface area contributed by atoms with E-state index in [4.69, 9.17) is 9.47 Å². The number of fused-ring (bicyclic) bond motifs is 5. The minimum absolute atomic E-state index is 0.0198. The summed E-state index contributed by atoms with van der Waals surface area (Å²) in [7, 11) is 4.08. The molecule has 8 nitrogen and oxygen atoms in total. The fourth-order valence-electron chi connectivity index (χ4n) is 6.22. The topological polar surface area (TPSA) is 78.1 Å². The van der Waals surface area contributed by atoms with Crippen molar-refractivity contribution in [3.8, 4) is 11.5 Å². The smallest absolute Gasteiger partial charge is 0.246 e. The molecular formula is C31H30N4O4. The Bertz CT molecular complexity index is 1590. The van der Waals surface area contributed by atoms with Crippen LogP contribution in [-0.4, -0.2) is 65.0 Å². The molecule has 1 saturated heterocycles. The van der Waals surface area contributed by atoms with Crippen molar-refractivity contribution in [2.45, 2.75) is 31.6 Å². The number of aromatic amines is 1. The maximum atomic E-state index is 14.0. The van der Waals surface area contributed by atoms with E-state index in [1.54, 1.807) is 9.80 Å². The Balaban J connectivity index is 1.26. The lowest BCUT2D eigenvalue weighted by atomic mass is 9.86. The van der Waals surface area contributed by atoms with Gasteiger partial charge in [0.05, 0.1) is 6.04 Å². The molecule has 3 aromatic carbocycles. The standard InChI is InChI=1S/C31H30N4O4/c1-33(2)15-19-7-9-20(10-8-19)16-34-17-28(36)35-25(31(34)37)14-23-22-5-3-4-6-24(22)32-29(23)30(35)21-11-12-26-27(13-21)39-18-38-26/h3-13,25,30,32H,14-18H2,1-2H3/t25-,30-/m1/s1. The molecule has 3 aliphatic heterocycles. The molecule has 1 aromatic heterocycles. The lowest BCUT2D eigenvalue weighted by Crippen LogP contribution is -2.62. The fourth-order valence-corrected chi connectivity index (χ4v) is 6.22. The zero-order valence-electron chi connectivity index (χ0n) is 22.0. The second-order valence-corrected chi connectivity index (χ2v) is 10.8. The highest BCUT2D eigenvalue weighted by atomic mass is 16.7. The third kappa shape index (κ3) is 4.03. The van der Waals surface area contributed by atoms with Gasteiger partial charge < -0.3 is 29.2 Å². The average molecular weight is 523 g/mol. The van der Waals surface area contributed by atoms with Crippen LogP contribution in [0.5, 0.6) is 11.5 Å². The predicted octanol–water partition coefficient (Wildman–Crippen LogP) is 3.84. The molecule has 3 aliphatic rings. The number of hydrogen-bond donors (Lipinski definition) is 1. The summed E-state index contributed by atoms with van der Waals surface area (Å²) in [6.07, 6.45) is 0.475. The van der Waals surface area contributed by atoms with Gasteiger partial charge >= 0.3 is 0 Å². The zero-order valence-corrected chi connectivity index (χ0v) is 22.0. The summed E-state index contributed by atoms with van der Waals surface area (Å²) >= 11 is 0. The second kappa shape index (κ2) is 9.17. The number of nitrogens with zero attached hydrogens (tertiary/aromatic N) is 3. The third-order valence-electron chi connectivity index (χ3n) is 7.95. The number of aromatic nitrogens is 1. The maximum Gasteiger partial charge on any atom is 0.246 e. The van der Waals surface area contributed by atoms with E-state index >= 15 is 0 Å². The molecule has 0 saturated carbocycles. The van der Waals surface area contributed by atoms with Gasteiger partial charge in [0, 0.05) is 36.1 Å². The van der Waals surface area contributed by atoms with Crippen LogP contribution >= 0.6 is 0 Å². The summed E-state index contributed by atoms with van der Waals surface area (Å²) in [6.45, 7) is 1.49. The lowest BCUT2D eigenvalue weighted by Gasteiger charge is -2.47. The molecule has 4 heterocycles. The van der Waals surface area contributed by atoms with Gasteiger partial charge in [-0.3, -0.25) is 9.59 Å². The first kappa shape index (κ1) is 23.8. The van der Waals surface area contributed by atoms with Crippen LogP contribution in [-0.2, 0) is 29.1 Å². The SMILES string of the molecule is CN(C)Cc1ccc(CN2CC(=O)N3[C@H](c4ccc5c(c4)OCO5)c4[nH]c5ccccc5c4C[C@@H]3C2=O)cc1. The van der Waals surface area contributed by atoms with Gasteiger partial charge in [-0.2, -0.15) is 0 Å². The van der Waals surface area contributed by atoms with Crippen LogP contribution in [0, 0.1) is 0 Å². The number of amides is 2. The van der Waals surface area contributed by atoms with Crippen LogP contribution in [0.15, 0.2) is 66.7 Å². The maximum absolute atomic E-state index is 14.0. The number of nitrogens with one attached hydrogen (secondary N) is 1. The van der Waals surface area contributed by atoms with Gasteiger partial charge in [-0.1, -0.05) is 48.5 Å².